The summed E-state index contributed by atoms with van der Waals surface area (Å²) >= 11 is 0. The molecule has 0 bridgehead atoms. The number of aryl methyl sites for hydroxylation is 1. The summed E-state index contributed by atoms with van der Waals surface area (Å²) in [5.74, 6) is 0.297. The van der Waals surface area contributed by atoms with Crippen LogP contribution in [0.2, 0.25) is 0 Å². The summed E-state index contributed by atoms with van der Waals surface area (Å²) < 4.78 is 44.4. The molecule has 1 aliphatic heterocycles. The monoisotopic (exact) mass is 335 g/mol. The van der Waals surface area contributed by atoms with E-state index in [1.807, 2.05) is 6.20 Å². The number of nitrogens with zero attached hydrogens (tertiary/aromatic N) is 4. The molecule has 1 aliphatic rings. The molecule has 0 spiro atoms. The van der Waals surface area contributed by atoms with E-state index in [-0.39, 0.29) is 6.10 Å². The summed E-state index contributed by atoms with van der Waals surface area (Å²) in [5.41, 5.74) is 0.892. The summed E-state index contributed by atoms with van der Waals surface area (Å²) in [6.07, 6.45) is -3.80. The van der Waals surface area contributed by atoms with Crippen LogP contribution >= 0.6 is 0 Å². The predicted molar refractivity (Wildman–Crippen MR) is 76.9 cm³/mol. The first-order chi connectivity index (χ1) is 10.8. The number of guanidine groups is 1. The van der Waals surface area contributed by atoms with Crippen molar-refractivity contribution in [2.24, 2.45) is 12.0 Å². The van der Waals surface area contributed by atoms with Gasteiger partial charge >= 0.3 is 6.18 Å². The number of hydrogen-bond donors (Lipinski definition) is 2. The summed E-state index contributed by atoms with van der Waals surface area (Å²) in [5, 5.41) is 15.7. The third-order valence-electron chi connectivity index (χ3n) is 3.51. The van der Waals surface area contributed by atoms with Gasteiger partial charge in [-0.25, -0.2) is 0 Å². The Morgan fingerprint density at radius 2 is 2.35 bits per heavy atom. The van der Waals surface area contributed by atoms with Crippen LogP contribution in [0.1, 0.15) is 11.7 Å². The van der Waals surface area contributed by atoms with Crippen molar-refractivity contribution < 1.29 is 23.0 Å². The van der Waals surface area contributed by atoms with Crippen LogP contribution in [-0.2, 0) is 11.8 Å². The van der Waals surface area contributed by atoms with E-state index in [0.717, 1.165) is 5.56 Å². The lowest BCUT2D eigenvalue weighted by Crippen LogP contribution is -2.51. The molecule has 2 rings (SSSR count). The molecule has 0 amide bonds. The van der Waals surface area contributed by atoms with E-state index in [1.165, 1.54) is 7.05 Å². The van der Waals surface area contributed by atoms with Gasteiger partial charge in [0.15, 0.2) is 12.1 Å². The number of aliphatic imine (C=N–C) groups is 1. The van der Waals surface area contributed by atoms with Crippen LogP contribution in [0.25, 0.3) is 0 Å². The summed E-state index contributed by atoms with van der Waals surface area (Å²) in [6.45, 7) is 0.708. The Hall–Kier alpha value is -1.81. The lowest BCUT2D eigenvalue weighted by atomic mass is 10.1. The van der Waals surface area contributed by atoms with Crippen LogP contribution in [0.3, 0.4) is 0 Å². The number of nitrogens with one attached hydrogen (secondary N) is 1. The van der Waals surface area contributed by atoms with Crippen LogP contribution in [-0.4, -0.2) is 71.3 Å². The first kappa shape index (κ1) is 17.5. The van der Waals surface area contributed by atoms with Gasteiger partial charge in [-0.2, -0.15) is 18.3 Å². The van der Waals surface area contributed by atoms with Crippen molar-refractivity contribution in [3.63, 3.8) is 0 Å². The first-order valence-electron chi connectivity index (χ1n) is 7.11. The average Bonchev–Trinajstić information content (AvgIpc) is 2.93. The number of hydrogen-bond acceptors (Lipinski definition) is 4. The van der Waals surface area contributed by atoms with Gasteiger partial charge in [0.25, 0.3) is 0 Å². The van der Waals surface area contributed by atoms with Gasteiger partial charge in [-0.05, 0) is 0 Å². The Morgan fingerprint density at radius 1 is 1.61 bits per heavy atom. The van der Waals surface area contributed by atoms with Crippen LogP contribution in [0.15, 0.2) is 17.4 Å². The van der Waals surface area contributed by atoms with Gasteiger partial charge in [-0.1, -0.05) is 0 Å². The van der Waals surface area contributed by atoms with E-state index >= 15 is 0 Å². The topological polar surface area (TPSA) is 74.9 Å². The van der Waals surface area contributed by atoms with Crippen molar-refractivity contribution in [2.75, 3.05) is 33.3 Å². The minimum absolute atomic E-state index is 0.233. The lowest BCUT2D eigenvalue weighted by Gasteiger charge is -2.35. The summed E-state index contributed by atoms with van der Waals surface area (Å²) in [4.78, 5) is 5.77. The van der Waals surface area contributed by atoms with Gasteiger partial charge in [0.05, 0.1) is 25.9 Å². The Labute approximate surface area is 131 Å². The van der Waals surface area contributed by atoms with Gasteiger partial charge in [0.1, 0.15) is 6.10 Å². The van der Waals surface area contributed by atoms with Crippen molar-refractivity contribution in [2.45, 2.75) is 18.4 Å². The zero-order valence-electron chi connectivity index (χ0n) is 12.9. The lowest BCUT2D eigenvalue weighted by molar-refractivity contribution is -0.201. The molecule has 0 aromatic carbocycles. The third kappa shape index (κ3) is 4.58. The Kier molecular flexibility index (Phi) is 5.47. The molecule has 0 saturated carbocycles. The Morgan fingerprint density at radius 3 is 2.91 bits per heavy atom. The highest BCUT2D eigenvalue weighted by molar-refractivity contribution is 5.80. The zero-order chi connectivity index (χ0) is 17.0. The van der Waals surface area contributed by atoms with E-state index in [9.17, 15) is 13.2 Å². The minimum atomic E-state index is -4.66. The summed E-state index contributed by atoms with van der Waals surface area (Å²) in [7, 11) is 3.28. The summed E-state index contributed by atoms with van der Waals surface area (Å²) in [6, 6.07) is 0. The molecular formula is C13H20F3N5O2. The van der Waals surface area contributed by atoms with E-state index in [2.05, 4.69) is 15.4 Å². The number of morpholine rings is 1. The molecule has 2 atom stereocenters. The molecule has 23 heavy (non-hydrogen) atoms. The largest absolute Gasteiger partial charge is 0.416 e. The van der Waals surface area contributed by atoms with Gasteiger partial charge < -0.3 is 20.1 Å². The fraction of sp³-hybridized carbons (Fsp3) is 0.692. The number of halogens is 3. The van der Waals surface area contributed by atoms with Gasteiger partial charge in [-0.15, -0.1) is 0 Å². The molecule has 1 aromatic heterocycles. The molecule has 2 heterocycles. The molecule has 1 aromatic rings. The van der Waals surface area contributed by atoms with Crippen molar-refractivity contribution in [3.05, 3.63) is 18.0 Å². The molecule has 0 radical (unpaired) electrons. The molecular weight excluding hydrogens is 315 g/mol. The molecule has 0 aliphatic carbocycles. The highest BCUT2D eigenvalue weighted by Gasteiger charge is 2.38. The number of aliphatic hydroxyl groups excluding tert-OH is 1. The zero-order valence-corrected chi connectivity index (χ0v) is 12.9. The van der Waals surface area contributed by atoms with Crippen LogP contribution in [0.5, 0.6) is 0 Å². The van der Waals surface area contributed by atoms with Crippen LogP contribution in [0.4, 0.5) is 13.2 Å². The van der Waals surface area contributed by atoms with Gasteiger partial charge in [0, 0.05) is 32.4 Å². The second-order valence-corrected chi connectivity index (χ2v) is 5.24. The maximum Gasteiger partial charge on any atom is 0.416 e. The number of ether oxygens (including phenoxy) is 1. The van der Waals surface area contributed by atoms with Crippen LogP contribution < -0.4 is 5.32 Å². The standard InChI is InChI=1S/C13H20F3N5O2/c1-17-12(18-6-11(22)13(14,15)16)21-3-4-23-10(8-21)9-5-19-20(2)7-9/h5,7,10-11,22H,3-4,6,8H2,1-2H3,(H,17,18). The predicted octanol–water partition coefficient (Wildman–Crippen LogP) is 0.292. The quantitative estimate of drug-likeness (QED) is 0.614. The molecule has 10 heteroatoms. The second kappa shape index (κ2) is 7.18. The number of aliphatic hydroxyl groups is 1. The number of aromatic nitrogens is 2. The highest BCUT2D eigenvalue weighted by atomic mass is 19.4. The molecule has 130 valence electrons. The minimum Gasteiger partial charge on any atom is -0.382 e. The number of alkyl halides is 3. The average molecular weight is 335 g/mol. The van der Waals surface area contributed by atoms with Crippen molar-refractivity contribution >= 4 is 5.96 Å². The van der Waals surface area contributed by atoms with Crippen molar-refractivity contribution in [1.82, 2.24) is 20.0 Å². The molecule has 1 saturated heterocycles. The highest BCUT2D eigenvalue weighted by Crippen LogP contribution is 2.22. The molecule has 7 nitrogen and oxygen atoms in total. The van der Waals surface area contributed by atoms with Gasteiger partial charge in [-0.3, -0.25) is 9.67 Å². The van der Waals surface area contributed by atoms with E-state index < -0.39 is 18.8 Å². The molecule has 2 unspecified atom stereocenters. The Balaban J connectivity index is 1.95. The molecule has 2 N–H and O–H groups in total. The van der Waals surface area contributed by atoms with Gasteiger partial charge in [0.2, 0.25) is 0 Å². The second-order valence-electron chi connectivity index (χ2n) is 5.24. The van der Waals surface area contributed by atoms with Crippen molar-refractivity contribution in [3.8, 4) is 0 Å². The van der Waals surface area contributed by atoms with E-state index in [0.29, 0.717) is 25.7 Å². The maximum atomic E-state index is 12.4. The van der Waals surface area contributed by atoms with Crippen LogP contribution in [0, 0.1) is 0 Å². The third-order valence-corrected chi connectivity index (χ3v) is 3.51. The smallest absolute Gasteiger partial charge is 0.382 e. The van der Waals surface area contributed by atoms with E-state index in [4.69, 9.17) is 9.84 Å². The molecule has 1 fully saturated rings. The number of rotatable bonds is 3. The fourth-order valence-corrected chi connectivity index (χ4v) is 2.29. The Bertz CT molecular complexity index is 546. The SMILES string of the molecule is CN=C(NCC(O)C(F)(F)F)N1CCOC(c2cnn(C)c2)C1. The van der Waals surface area contributed by atoms with E-state index in [1.54, 1.807) is 22.8 Å². The first-order valence-corrected chi connectivity index (χ1v) is 7.11. The fourth-order valence-electron chi connectivity index (χ4n) is 2.29. The van der Waals surface area contributed by atoms with Crippen molar-refractivity contribution in [1.29, 1.82) is 0 Å². The normalized spacial score (nSPS) is 21.4. The maximum absolute atomic E-state index is 12.4.